The van der Waals surface area contributed by atoms with Gasteiger partial charge < -0.3 is 24.7 Å². The fraction of sp³-hybridized carbons (Fsp3) is 0.174. The molecule has 4 rings (SSSR count). The minimum Gasteiger partial charge on any atom is -0.497 e. The van der Waals surface area contributed by atoms with Gasteiger partial charge in [0.1, 0.15) is 17.4 Å². The lowest BCUT2D eigenvalue weighted by atomic mass is 9.83. The lowest BCUT2D eigenvalue weighted by Gasteiger charge is -2.24. The first kappa shape index (κ1) is 20.8. The van der Waals surface area contributed by atoms with Crippen molar-refractivity contribution in [1.82, 2.24) is 10.2 Å². The summed E-state index contributed by atoms with van der Waals surface area (Å²) in [6.07, 6.45) is 0. The zero-order chi connectivity index (χ0) is 22.8. The zero-order valence-electron chi connectivity index (χ0n) is 17.6. The van der Waals surface area contributed by atoms with Crippen LogP contribution in [0.25, 0.3) is 11.3 Å². The van der Waals surface area contributed by atoms with Gasteiger partial charge in [0.15, 0.2) is 11.5 Å². The van der Waals surface area contributed by atoms with E-state index in [1.54, 1.807) is 25.3 Å². The Labute approximate surface area is 184 Å². The molecule has 32 heavy (non-hydrogen) atoms. The van der Waals surface area contributed by atoms with Gasteiger partial charge in [-0.05, 0) is 29.8 Å². The Kier molecular flexibility index (Phi) is 5.43. The summed E-state index contributed by atoms with van der Waals surface area (Å²) in [5, 5.41) is 17.1. The van der Waals surface area contributed by atoms with E-state index in [0.717, 1.165) is 5.56 Å². The Morgan fingerprint density at radius 3 is 2.69 bits per heavy atom. The van der Waals surface area contributed by atoms with Crippen LogP contribution in [0.5, 0.6) is 23.1 Å². The highest BCUT2D eigenvalue weighted by Crippen LogP contribution is 2.47. The fourth-order valence-electron chi connectivity index (χ4n) is 3.68. The number of methoxy groups -OCH3 is 2. The number of carbonyl (C=O) groups is 1. The number of nitrogens with zero attached hydrogens (tertiary/aromatic N) is 2. The van der Waals surface area contributed by atoms with Crippen molar-refractivity contribution in [3.8, 4) is 40.5 Å². The van der Waals surface area contributed by atoms with Crippen LogP contribution in [0.3, 0.4) is 0 Å². The Balaban J connectivity index is 1.90. The molecule has 0 spiro atoms. The summed E-state index contributed by atoms with van der Waals surface area (Å²) in [5.41, 5.74) is 9.07. The second-order valence-corrected chi connectivity index (χ2v) is 6.98. The number of allylic oxidation sites excluding steroid dienone is 1. The molecule has 0 saturated carbocycles. The van der Waals surface area contributed by atoms with E-state index in [1.165, 1.54) is 14.0 Å². The Morgan fingerprint density at radius 2 is 2.00 bits per heavy atom. The quantitative estimate of drug-likeness (QED) is 0.464. The van der Waals surface area contributed by atoms with Crippen LogP contribution >= 0.6 is 0 Å². The van der Waals surface area contributed by atoms with Crippen LogP contribution in [0.2, 0.25) is 0 Å². The number of hydrogen-bond donors (Lipinski definition) is 2. The molecule has 9 heteroatoms. The van der Waals surface area contributed by atoms with Gasteiger partial charge in [-0.25, -0.2) is 0 Å². The number of fused-ring (bicyclic) bond motifs is 1. The van der Waals surface area contributed by atoms with Gasteiger partial charge in [-0.3, -0.25) is 9.89 Å². The lowest BCUT2D eigenvalue weighted by Crippen LogP contribution is -2.21. The molecule has 0 fully saturated rings. The van der Waals surface area contributed by atoms with E-state index in [2.05, 4.69) is 16.3 Å². The highest BCUT2D eigenvalue weighted by Gasteiger charge is 2.36. The Morgan fingerprint density at radius 1 is 1.19 bits per heavy atom. The van der Waals surface area contributed by atoms with Gasteiger partial charge in [0.05, 0.1) is 31.4 Å². The summed E-state index contributed by atoms with van der Waals surface area (Å²) in [7, 11) is 3.05. The molecule has 1 aliphatic rings. The number of aromatic amines is 1. The SMILES string of the molecule is COc1cccc(-c2[nH]nc3c2C(c2ccc(OC(C)=O)c(OC)c2)C(C#N)=C(N)O3)c1. The molecule has 2 heterocycles. The van der Waals surface area contributed by atoms with Gasteiger partial charge in [-0.2, -0.15) is 5.26 Å². The first-order valence-electron chi connectivity index (χ1n) is 9.63. The largest absolute Gasteiger partial charge is 0.497 e. The highest BCUT2D eigenvalue weighted by molar-refractivity contribution is 5.73. The fourth-order valence-corrected chi connectivity index (χ4v) is 3.68. The van der Waals surface area contributed by atoms with E-state index >= 15 is 0 Å². The molecule has 3 N–H and O–H groups in total. The van der Waals surface area contributed by atoms with Crippen LogP contribution in [0.1, 0.15) is 24.0 Å². The molecular formula is C23H20N4O5. The second-order valence-electron chi connectivity index (χ2n) is 6.98. The van der Waals surface area contributed by atoms with Crippen LogP contribution in [-0.2, 0) is 4.79 Å². The van der Waals surface area contributed by atoms with Crippen molar-refractivity contribution < 1.29 is 23.7 Å². The molecular weight excluding hydrogens is 412 g/mol. The Hall–Kier alpha value is -4.45. The molecule has 9 nitrogen and oxygen atoms in total. The van der Waals surface area contributed by atoms with Crippen LogP contribution in [0, 0.1) is 11.3 Å². The Bertz CT molecular complexity index is 1270. The number of esters is 1. The molecule has 0 bridgehead atoms. The molecule has 1 atom stereocenters. The average Bonchev–Trinajstić information content (AvgIpc) is 3.21. The van der Waals surface area contributed by atoms with Gasteiger partial charge in [0, 0.05) is 12.5 Å². The molecule has 1 aliphatic heterocycles. The summed E-state index contributed by atoms with van der Waals surface area (Å²) in [6, 6.07) is 14.6. The number of benzene rings is 2. The molecule has 0 saturated heterocycles. The van der Waals surface area contributed by atoms with Crippen LogP contribution in [0.15, 0.2) is 53.9 Å². The van der Waals surface area contributed by atoms with Crippen molar-refractivity contribution in [3.63, 3.8) is 0 Å². The predicted molar refractivity (Wildman–Crippen MR) is 114 cm³/mol. The summed E-state index contributed by atoms with van der Waals surface area (Å²) in [4.78, 5) is 11.4. The van der Waals surface area contributed by atoms with E-state index in [1.807, 2.05) is 24.3 Å². The number of H-pyrrole nitrogens is 1. The second kappa shape index (κ2) is 8.35. The number of hydrogen-bond acceptors (Lipinski definition) is 8. The lowest BCUT2D eigenvalue weighted by molar-refractivity contribution is -0.132. The molecule has 0 aliphatic carbocycles. The third-order valence-electron chi connectivity index (χ3n) is 5.07. The molecule has 1 aromatic heterocycles. The van der Waals surface area contributed by atoms with Crippen molar-refractivity contribution in [3.05, 3.63) is 65.0 Å². The van der Waals surface area contributed by atoms with Gasteiger partial charge in [0.25, 0.3) is 0 Å². The van der Waals surface area contributed by atoms with Gasteiger partial charge in [-0.15, -0.1) is 5.10 Å². The molecule has 0 radical (unpaired) electrons. The summed E-state index contributed by atoms with van der Waals surface area (Å²) >= 11 is 0. The minimum absolute atomic E-state index is 0.0308. The van der Waals surface area contributed by atoms with E-state index in [-0.39, 0.29) is 23.1 Å². The first-order chi connectivity index (χ1) is 15.5. The number of ether oxygens (including phenoxy) is 4. The van der Waals surface area contributed by atoms with E-state index < -0.39 is 11.9 Å². The number of nitrogens with two attached hydrogens (primary N) is 1. The van der Waals surface area contributed by atoms with Crippen molar-refractivity contribution in [2.24, 2.45) is 5.73 Å². The summed E-state index contributed by atoms with van der Waals surface area (Å²) < 4.78 is 21.6. The van der Waals surface area contributed by atoms with Crippen molar-refractivity contribution in [2.45, 2.75) is 12.8 Å². The molecule has 2 aromatic carbocycles. The third-order valence-corrected chi connectivity index (χ3v) is 5.07. The predicted octanol–water partition coefficient (Wildman–Crippen LogP) is 3.24. The van der Waals surface area contributed by atoms with Crippen molar-refractivity contribution in [2.75, 3.05) is 14.2 Å². The van der Waals surface area contributed by atoms with Gasteiger partial charge in [0.2, 0.25) is 11.8 Å². The summed E-state index contributed by atoms with van der Waals surface area (Å²) in [5.74, 6) is 0.455. The van der Waals surface area contributed by atoms with E-state index in [0.29, 0.717) is 28.3 Å². The normalized spacial score (nSPS) is 14.8. The van der Waals surface area contributed by atoms with Gasteiger partial charge in [-0.1, -0.05) is 18.2 Å². The van der Waals surface area contributed by atoms with Crippen molar-refractivity contribution >= 4 is 5.97 Å². The maximum atomic E-state index is 11.4. The highest BCUT2D eigenvalue weighted by atomic mass is 16.6. The molecule has 162 valence electrons. The first-order valence-corrected chi connectivity index (χ1v) is 9.63. The van der Waals surface area contributed by atoms with Crippen molar-refractivity contribution in [1.29, 1.82) is 5.26 Å². The number of rotatable bonds is 5. The third kappa shape index (κ3) is 3.58. The standard InChI is InChI=1S/C23H20N4O5/c1-12(28)31-17-8-7-13(10-18(17)30-3)19-16(11-24)22(25)32-23-20(19)21(26-27-23)14-5-4-6-15(9-14)29-2/h4-10,19H,25H2,1-3H3,(H,26,27). The number of nitrogens with one attached hydrogen (secondary N) is 1. The zero-order valence-corrected chi connectivity index (χ0v) is 17.6. The van der Waals surface area contributed by atoms with E-state index in [4.69, 9.17) is 24.7 Å². The minimum atomic E-state index is -0.594. The smallest absolute Gasteiger partial charge is 0.308 e. The monoisotopic (exact) mass is 432 g/mol. The number of aromatic nitrogens is 2. The van der Waals surface area contributed by atoms with Crippen LogP contribution < -0.4 is 24.7 Å². The van der Waals surface area contributed by atoms with E-state index in [9.17, 15) is 10.1 Å². The topological polar surface area (TPSA) is 132 Å². The maximum Gasteiger partial charge on any atom is 0.308 e. The molecule has 0 amide bonds. The number of nitriles is 1. The van der Waals surface area contributed by atoms with Crippen LogP contribution in [0.4, 0.5) is 0 Å². The number of carbonyl (C=O) groups excluding carboxylic acids is 1. The summed E-state index contributed by atoms with van der Waals surface area (Å²) in [6.45, 7) is 1.31. The molecule has 3 aromatic rings. The average molecular weight is 432 g/mol. The molecule has 1 unspecified atom stereocenters. The van der Waals surface area contributed by atoms with Gasteiger partial charge >= 0.3 is 5.97 Å². The maximum absolute atomic E-state index is 11.4. The van der Waals surface area contributed by atoms with Crippen LogP contribution in [-0.4, -0.2) is 30.4 Å².